The summed E-state index contributed by atoms with van der Waals surface area (Å²) in [5, 5.41) is 10.2. The van der Waals surface area contributed by atoms with Gasteiger partial charge in [0.2, 0.25) is 0 Å². The molecule has 0 spiro atoms. The van der Waals surface area contributed by atoms with Gasteiger partial charge in [0, 0.05) is 22.6 Å². The van der Waals surface area contributed by atoms with Crippen LogP contribution in [0, 0.1) is 6.92 Å². The van der Waals surface area contributed by atoms with Crippen molar-refractivity contribution in [2.45, 2.75) is 45.4 Å². The molecule has 3 aromatic rings. The summed E-state index contributed by atoms with van der Waals surface area (Å²) >= 11 is 1.74. The van der Waals surface area contributed by atoms with E-state index in [1.165, 1.54) is 27.1 Å². The Morgan fingerprint density at radius 2 is 1.83 bits per heavy atom. The SMILES string of the molecule is Cc1cnc(C2=CCC(C)(C)c3ccc(C(C)c4ccc(C(=O)O)cc4)cc32)s1. The van der Waals surface area contributed by atoms with Crippen molar-refractivity contribution in [1.29, 1.82) is 0 Å². The van der Waals surface area contributed by atoms with E-state index in [4.69, 9.17) is 5.11 Å². The Bertz CT molecular complexity index is 1110. The highest BCUT2D eigenvalue weighted by atomic mass is 32.1. The molecule has 1 aliphatic rings. The van der Waals surface area contributed by atoms with Gasteiger partial charge in [0.15, 0.2) is 0 Å². The molecule has 29 heavy (non-hydrogen) atoms. The van der Waals surface area contributed by atoms with Crippen LogP contribution in [0.3, 0.4) is 0 Å². The second-order valence-corrected chi connectivity index (χ2v) is 9.67. The zero-order chi connectivity index (χ0) is 20.8. The van der Waals surface area contributed by atoms with Gasteiger partial charge in [0.05, 0.1) is 5.56 Å². The van der Waals surface area contributed by atoms with Crippen LogP contribution in [0.15, 0.2) is 54.7 Å². The first-order valence-corrected chi connectivity index (χ1v) is 10.7. The van der Waals surface area contributed by atoms with Gasteiger partial charge in [-0.3, -0.25) is 0 Å². The van der Waals surface area contributed by atoms with Crippen LogP contribution in [0.5, 0.6) is 0 Å². The highest BCUT2D eigenvalue weighted by Gasteiger charge is 2.30. The van der Waals surface area contributed by atoms with Crippen LogP contribution >= 0.6 is 11.3 Å². The molecule has 0 amide bonds. The molecular formula is C25H25NO2S. The molecule has 2 aromatic carbocycles. The summed E-state index contributed by atoms with van der Waals surface area (Å²) < 4.78 is 0. The van der Waals surface area contributed by atoms with Crippen molar-refractivity contribution >= 4 is 22.9 Å². The molecule has 1 N–H and O–H groups in total. The van der Waals surface area contributed by atoms with Gasteiger partial charge in [0.25, 0.3) is 0 Å². The Morgan fingerprint density at radius 3 is 2.45 bits per heavy atom. The molecule has 0 aliphatic heterocycles. The fourth-order valence-electron chi connectivity index (χ4n) is 4.01. The zero-order valence-corrected chi connectivity index (χ0v) is 18.0. The number of aromatic nitrogens is 1. The van der Waals surface area contributed by atoms with Crippen LogP contribution in [-0.2, 0) is 5.41 Å². The molecule has 1 aromatic heterocycles. The number of carboxylic acid groups (broad SMARTS) is 1. The predicted octanol–water partition coefficient (Wildman–Crippen LogP) is 6.41. The molecule has 1 atom stereocenters. The highest BCUT2D eigenvalue weighted by Crippen LogP contribution is 2.43. The minimum absolute atomic E-state index is 0.0933. The van der Waals surface area contributed by atoms with Gasteiger partial charge >= 0.3 is 5.97 Å². The van der Waals surface area contributed by atoms with Gasteiger partial charge in [-0.15, -0.1) is 11.3 Å². The van der Waals surface area contributed by atoms with E-state index in [-0.39, 0.29) is 11.3 Å². The summed E-state index contributed by atoms with van der Waals surface area (Å²) in [5.74, 6) is -0.721. The van der Waals surface area contributed by atoms with E-state index in [1.807, 2.05) is 18.3 Å². The Hall–Kier alpha value is -2.72. The standard InChI is InChI=1S/C25H25NO2S/c1-15-14-26-23(29-15)20-11-12-25(3,4)22-10-9-19(13-21(20)22)16(2)17-5-7-18(8-6-17)24(27)28/h5-11,13-14,16H,12H2,1-4H3,(H,27,28). The number of carboxylic acids is 1. The molecule has 1 aliphatic carbocycles. The van der Waals surface area contributed by atoms with Crippen molar-refractivity contribution < 1.29 is 9.90 Å². The maximum atomic E-state index is 11.1. The number of allylic oxidation sites excluding steroid dienone is 1. The fraction of sp³-hybridized carbons (Fsp3) is 0.280. The number of aromatic carboxylic acids is 1. The van der Waals surface area contributed by atoms with Crippen molar-refractivity contribution in [3.05, 3.63) is 92.4 Å². The summed E-state index contributed by atoms with van der Waals surface area (Å²) in [6.07, 6.45) is 5.27. The molecule has 4 rings (SSSR count). The van der Waals surface area contributed by atoms with E-state index in [0.717, 1.165) is 17.0 Å². The minimum atomic E-state index is -0.895. The van der Waals surface area contributed by atoms with Crippen LogP contribution in [0.4, 0.5) is 0 Å². The number of benzene rings is 2. The van der Waals surface area contributed by atoms with Crippen LogP contribution < -0.4 is 0 Å². The number of thiazole rings is 1. The van der Waals surface area contributed by atoms with Crippen LogP contribution in [-0.4, -0.2) is 16.1 Å². The molecule has 0 saturated heterocycles. The fourth-order valence-corrected chi connectivity index (χ4v) is 4.83. The number of rotatable bonds is 4. The Kier molecular flexibility index (Phi) is 4.91. The minimum Gasteiger partial charge on any atom is -0.478 e. The van der Waals surface area contributed by atoms with E-state index in [9.17, 15) is 4.79 Å². The third-order valence-electron chi connectivity index (χ3n) is 5.89. The van der Waals surface area contributed by atoms with Gasteiger partial charge in [-0.25, -0.2) is 9.78 Å². The van der Waals surface area contributed by atoms with Crippen molar-refractivity contribution in [1.82, 2.24) is 4.98 Å². The molecule has 0 bridgehead atoms. The average molecular weight is 404 g/mol. The third-order valence-corrected chi connectivity index (χ3v) is 6.83. The Morgan fingerprint density at radius 1 is 1.14 bits per heavy atom. The predicted molar refractivity (Wildman–Crippen MR) is 119 cm³/mol. The molecule has 1 heterocycles. The number of hydrogen-bond donors (Lipinski definition) is 1. The average Bonchev–Trinajstić information content (AvgIpc) is 3.13. The summed E-state index contributed by atoms with van der Waals surface area (Å²) in [6, 6.07) is 14.0. The smallest absolute Gasteiger partial charge is 0.335 e. The zero-order valence-electron chi connectivity index (χ0n) is 17.2. The second-order valence-electron chi connectivity index (χ2n) is 8.44. The summed E-state index contributed by atoms with van der Waals surface area (Å²) in [4.78, 5) is 17.0. The number of hydrogen-bond acceptors (Lipinski definition) is 3. The largest absolute Gasteiger partial charge is 0.478 e. The van der Waals surface area contributed by atoms with E-state index in [2.05, 4.69) is 57.0 Å². The van der Waals surface area contributed by atoms with Crippen molar-refractivity contribution in [2.24, 2.45) is 0 Å². The normalized spacial score (nSPS) is 16.1. The van der Waals surface area contributed by atoms with E-state index < -0.39 is 5.97 Å². The topological polar surface area (TPSA) is 50.2 Å². The molecule has 3 nitrogen and oxygen atoms in total. The van der Waals surface area contributed by atoms with Gasteiger partial charge in [-0.2, -0.15) is 0 Å². The molecule has 0 saturated carbocycles. The summed E-state index contributed by atoms with van der Waals surface area (Å²) in [7, 11) is 0. The lowest BCUT2D eigenvalue weighted by molar-refractivity contribution is 0.0697. The lowest BCUT2D eigenvalue weighted by atomic mass is 9.72. The lowest BCUT2D eigenvalue weighted by Crippen LogP contribution is -2.22. The lowest BCUT2D eigenvalue weighted by Gasteiger charge is -2.32. The maximum absolute atomic E-state index is 11.1. The second kappa shape index (κ2) is 7.27. The van der Waals surface area contributed by atoms with Crippen molar-refractivity contribution in [3.63, 3.8) is 0 Å². The first kappa shape index (κ1) is 19.6. The monoisotopic (exact) mass is 403 g/mol. The maximum Gasteiger partial charge on any atom is 0.335 e. The molecule has 1 unspecified atom stereocenters. The molecular weight excluding hydrogens is 378 g/mol. The number of carbonyl (C=O) groups is 1. The Labute approximate surface area is 175 Å². The molecule has 148 valence electrons. The van der Waals surface area contributed by atoms with Gasteiger partial charge in [0.1, 0.15) is 5.01 Å². The number of fused-ring (bicyclic) bond motifs is 1. The van der Waals surface area contributed by atoms with Crippen molar-refractivity contribution in [2.75, 3.05) is 0 Å². The van der Waals surface area contributed by atoms with Gasteiger partial charge < -0.3 is 5.11 Å². The van der Waals surface area contributed by atoms with E-state index >= 15 is 0 Å². The quantitative estimate of drug-likeness (QED) is 0.547. The van der Waals surface area contributed by atoms with E-state index in [0.29, 0.717) is 5.56 Å². The Balaban J connectivity index is 1.76. The van der Waals surface area contributed by atoms with Gasteiger partial charge in [-0.05, 0) is 53.1 Å². The molecule has 0 fully saturated rings. The van der Waals surface area contributed by atoms with Gasteiger partial charge in [-0.1, -0.05) is 57.2 Å². The first-order valence-electron chi connectivity index (χ1n) is 9.87. The van der Waals surface area contributed by atoms with Crippen LogP contribution in [0.2, 0.25) is 0 Å². The molecule has 0 radical (unpaired) electrons. The number of aryl methyl sites for hydroxylation is 1. The molecule has 4 heteroatoms. The van der Waals surface area contributed by atoms with Crippen molar-refractivity contribution in [3.8, 4) is 0 Å². The number of nitrogens with zero attached hydrogens (tertiary/aromatic N) is 1. The summed E-state index contributed by atoms with van der Waals surface area (Å²) in [5.41, 5.74) is 6.60. The first-order chi connectivity index (χ1) is 13.8. The summed E-state index contributed by atoms with van der Waals surface area (Å²) in [6.45, 7) is 8.84. The third kappa shape index (κ3) is 3.65. The van der Waals surface area contributed by atoms with Crippen LogP contribution in [0.25, 0.3) is 5.57 Å². The van der Waals surface area contributed by atoms with E-state index in [1.54, 1.807) is 23.5 Å². The van der Waals surface area contributed by atoms with Crippen LogP contribution in [0.1, 0.15) is 75.6 Å². The highest BCUT2D eigenvalue weighted by molar-refractivity contribution is 7.12.